The van der Waals surface area contributed by atoms with Crippen molar-refractivity contribution in [3.05, 3.63) is 82.5 Å². The van der Waals surface area contributed by atoms with Crippen LogP contribution in [-0.4, -0.2) is 41.0 Å². The van der Waals surface area contributed by atoms with Crippen LogP contribution in [0.1, 0.15) is 19.4 Å². The van der Waals surface area contributed by atoms with Crippen LogP contribution in [0.4, 0.5) is 0 Å². The minimum Gasteiger partial charge on any atom is -0.490 e. The molecule has 38 heavy (non-hydrogen) atoms. The Morgan fingerprint density at radius 2 is 1.89 bits per heavy atom. The van der Waals surface area contributed by atoms with Gasteiger partial charge in [-0.3, -0.25) is 14.2 Å². The van der Waals surface area contributed by atoms with E-state index in [2.05, 4.69) is 11.9 Å². The monoisotopic (exact) mass is 549 g/mol. The highest BCUT2D eigenvalue weighted by Crippen LogP contribution is 2.32. The van der Waals surface area contributed by atoms with Crippen molar-refractivity contribution < 1.29 is 14.3 Å². The van der Waals surface area contributed by atoms with Gasteiger partial charge in [-0.15, -0.1) is 17.9 Å². The van der Waals surface area contributed by atoms with Gasteiger partial charge in [-0.2, -0.15) is 0 Å². The van der Waals surface area contributed by atoms with Crippen LogP contribution >= 0.6 is 23.1 Å². The number of thiophene rings is 1. The van der Waals surface area contributed by atoms with Crippen molar-refractivity contribution in [2.24, 2.45) is 0 Å². The highest BCUT2D eigenvalue weighted by Gasteiger charge is 2.18. The molecule has 0 radical (unpaired) electrons. The van der Waals surface area contributed by atoms with E-state index in [0.29, 0.717) is 53.8 Å². The summed E-state index contributed by atoms with van der Waals surface area (Å²) < 4.78 is 12.9. The quantitative estimate of drug-likeness (QED) is 0.134. The van der Waals surface area contributed by atoms with Crippen molar-refractivity contribution >= 4 is 39.2 Å². The lowest BCUT2D eigenvalue weighted by atomic mass is 10.1. The van der Waals surface area contributed by atoms with Crippen molar-refractivity contribution in [3.8, 4) is 22.6 Å². The van der Waals surface area contributed by atoms with Crippen molar-refractivity contribution in [2.75, 3.05) is 25.5 Å². The van der Waals surface area contributed by atoms with Crippen LogP contribution in [-0.2, 0) is 17.8 Å². The predicted octanol–water partition coefficient (Wildman–Crippen LogP) is 5.56. The number of hydrogen-bond donors (Lipinski definition) is 1. The maximum absolute atomic E-state index is 13.5. The fraction of sp³-hybridized carbons (Fsp3) is 0.276. The Morgan fingerprint density at radius 3 is 2.63 bits per heavy atom. The van der Waals surface area contributed by atoms with E-state index >= 15 is 0 Å². The molecule has 0 spiro atoms. The molecule has 0 saturated carbocycles. The smallest absolute Gasteiger partial charge is 0.263 e. The number of nitrogens with zero attached hydrogens (tertiary/aromatic N) is 2. The van der Waals surface area contributed by atoms with Crippen LogP contribution < -0.4 is 20.3 Å². The van der Waals surface area contributed by atoms with Crippen molar-refractivity contribution in [1.82, 2.24) is 14.9 Å². The minimum atomic E-state index is -0.126. The summed E-state index contributed by atoms with van der Waals surface area (Å²) in [7, 11) is 0. The summed E-state index contributed by atoms with van der Waals surface area (Å²) >= 11 is 2.69. The first-order valence-corrected chi connectivity index (χ1v) is 14.4. The van der Waals surface area contributed by atoms with Gasteiger partial charge in [0.1, 0.15) is 4.83 Å². The molecule has 0 saturated heterocycles. The third kappa shape index (κ3) is 6.46. The molecule has 0 aliphatic carbocycles. The average Bonchev–Trinajstić information content (AvgIpc) is 3.36. The van der Waals surface area contributed by atoms with E-state index in [0.717, 1.165) is 22.4 Å². The summed E-state index contributed by atoms with van der Waals surface area (Å²) in [5.41, 5.74) is 2.77. The van der Waals surface area contributed by atoms with Crippen molar-refractivity contribution in [2.45, 2.75) is 32.0 Å². The minimum absolute atomic E-state index is 0.123. The number of fused-ring (bicyclic) bond motifs is 1. The maximum Gasteiger partial charge on any atom is 0.263 e. The van der Waals surface area contributed by atoms with Gasteiger partial charge in [-0.1, -0.05) is 54.2 Å². The Balaban J connectivity index is 1.42. The largest absolute Gasteiger partial charge is 0.490 e. The first-order chi connectivity index (χ1) is 18.5. The van der Waals surface area contributed by atoms with Crippen LogP contribution in [0.2, 0.25) is 0 Å². The van der Waals surface area contributed by atoms with Gasteiger partial charge >= 0.3 is 0 Å². The molecular weight excluding hydrogens is 518 g/mol. The lowest BCUT2D eigenvalue weighted by Gasteiger charge is -2.13. The third-order valence-corrected chi connectivity index (χ3v) is 7.58. The Morgan fingerprint density at radius 1 is 1.13 bits per heavy atom. The number of benzene rings is 2. The van der Waals surface area contributed by atoms with E-state index in [9.17, 15) is 9.59 Å². The molecule has 198 valence electrons. The van der Waals surface area contributed by atoms with E-state index in [1.165, 1.54) is 23.1 Å². The summed E-state index contributed by atoms with van der Waals surface area (Å²) in [6.07, 6.45) is 2.33. The average molecular weight is 550 g/mol. The molecule has 0 atom stereocenters. The van der Waals surface area contributed by atoms with E-state index in [-0.39, 0.29) is 17.2 Å². The molecule has 1 amide bonds. The van der Waals surface area contributed by atoms with Gasteiger partial charge < -0.3 is 14.8 Å². The molecule has 0 unspecified atom stereocenters. The number of hydrogen-bond acceptors (Lipinski definition) is 7. The molecule has 0 fully saturated rings. The normalized spacial score (nSPS) is 10.9. The van der Waals surface area contributed by atoms with Crippen LogP contribution in [0, 0.1) is 0 Å². The van der Waals surface area contributed by atoms with E-state index < -0.39 is 0 Å². The van der Waals surface area contributed by atoms with E-state index in [4.69, 9.17) is 14.5 Å². The molecule has 9 heteroatoms. The Hall–Kier alpha value is -3.56. The fourth-order valence-electron chi connectivity index (χ4n) is 4.01. The predicted molar refractivity (Wildman–Crippen MR) is 156 cm³/mol. The summed E-state index contributed by atoms with van der Waals surface area (Å²) in [5, 5.41) is 6.02. The Labute approximate surface area is 230 Å². The van der Waals surface area contributed by atoms with Crippen LogP contribution in [0.5, 0.6) is 11.5 Å². The molecule has 2 heterocycles. The lowest BCUT2D eigenvalue weighted by Crippen LogP contribution is -2.28. The van der Waals surface area contributed by atoms with Gasteiger partial charge in [0.25, 0.3) is 5.56 Å². The number of amides is 1. The zero-order chi connectivity index (χ0) is 26.9. The summed E-state index contributed by atoms with van der Waals surface area (Å²) in [6.45, 7) is 9.57. The maximum atomic E-state index is 13.5. The summed E-state index contributed by atoms with van der Waals surface area (Å²) in [4.78, 5) is 31.5. The standard InChI is InChI=1S/C29H31N3O4S2/c1-4-16-32-28(34)26-22(21-10-8-7-9-11-21)18-37-27(26)31-29(32)38-19-25(33)30-15-14-20-12-13-23(35-5-2)24(17-20)36-6-3/h4,7-13,17-18H,1,5-6,14-16,19H2,2-3H3,(H,30,33). The Bertz CT molecular complexity index is 1460. The second-order valence-electron chi connectivity index (χ2n) is 8.33. The van der Waals surface area contributed by atoms with Gasteiger partial charge in [0.05, 0.1) is 24.4 Å². The zero-order valence-electron chi connectivity index (χ0n) is 21.6. The fourth-order valence-corrected chi connectivity index (χ4v) is 5.84. The molecule has 4 aromatic rings. The van der Waals surface area contributed by atoms with Gasteiger partial charge in [0.15, 0.2) is 16.7 Å². The number of thioether (sulfide) groups is 1. The Kier molecular flexibility index (Phi) is 9.62. The number of allylic oxidation sites excluding steroid dienone is 1. The second kappa shape index (κ2) is 13.3. The highest BCUT2D eigenvalue weighted by atomic mass is 32.2. The highest BCUT2D eigenvalue weighted by molar-refractivity contribution is 7.99. The van der Waals surface area contributed by atoms with Crippen LogP contribution in [0.3, 0.4) is 0 Å². The number of carbonyl (C=O) groups excluding carboxylic acids is 1. The molecule has 2 aromatic carbocycles. The molecule has 2 aromatic heterocycles. The van der Waals surface area contributed by atoms with Crippen molar-refractivity contribution in [1.29, 1.82) is 0 Å². The SMILES string of the molecule is C=CCn1c(SCC(=O)NCCc2ccc(OCC)c(OCC)c2)nc2scc(-c3ccccc3)c2c1=O. The van der Waals surface area contributed by atoms with Gasteiger partial charge in [-0.05, 0) is 43.5 Å². The topological polar surface area (TPSA) is 82.5 Å². The molecular formula is C29H31N3O4S2. The molecule has 7 nitrogen and oxygen atoms in total. The number of aromatic nitrogens is 2. The van der Waals surface area contributed by atoms with Crippen LogP contribution in [0.15, 0.2) is 76.5 Å². The van der Waals surface area contributed by atoms with Gasteiger partial charge in [0.2, 0.25) is 5.91 Å². The summed E-state index contributed by atoms with van der Waals surface area (Å²) in [5.74, 6) is 1.45. The number of rotatable bonds is 13. The van der Waals surface area contributed by atoms with Crippen LogP contribution in [0.25, 0.3) is 21.3 Å². The molecule has 0 aliphatic rings. The molecule has 0 aliphatic heterocycles. The number of carbonyl (C=O) groups is 1. The van der Waals surface area contributed by atoms with Crippen molar-refractivity contribution in [3.63, 3.8) is 0 Å². The first-order valence-electron chi connectivity index (χ1n) is 12.5. The number of nitrogens with one attached hydrogen (secondary N) is 1. The van der Waals surface area contributed by atoms with E-state index in [1.807, 2.05) is 67.8 Å². The molecule has 0 bridgehead atoms. The second-order valence-corrected chi connectivity index (χ2v) is 10.1. The summed E-state index contributed by atoms with van der Waals surface area (Å²) in [6, 6.07) is 15.6. The van der Waals surface area contributed by atoms with E-state index in [1.54, 1.807) is 10.6 Å². The molecule has 4 rings (SSSR count). The lowest BCUT2D eigenvalue weighted by molar-refractivity contribution is -0.118. The molecule has 1 N–H and O–H groups in total. The number of ether oxygens (including phenoxy) is 2. The first kappa shape index (κ1) is 27.5. The van der Waals surface area contributed by atoms with Gasteiger partial charge in [0, 0.05) is 24.0 Å². The zero-order valence-corrected chi connectivity index (χ0v) is 23.2. The van der Waals surface area contributed by atoms with Gasteiger partial charge in [-0.25, -0.2) is 4.98 Å². The third-order valence-electron chi connectivity index (χ3n) is 5.73.